The Morgan fingerprint density at radius 1 is 1.53 bits per heavy atom. The average molecular weight is 270 g/mol. The number of hydrogen-bond acceptors (Lipinski definition) is 5. The molecule has 1 aromatic rings. The fraction of sp³-hybridized carbons (Fsp3) is 0.400. The number of rotatable bonds is 6. The Morgan fingerprint density at radius 2 is 2.21 bits per heavy atom. The van der Waals surface area contributed by atoms with Crippen LogP contribution in [-0.4, -0.2) is 27.8 Å². The van der Waals surface area contributed by atoms with Gasteiger partial charge in [0.25, 0.3) is 5.69 Å². The third kappa shape index (κ3) is 3.88. The van der Waals surface area contributed by atoms with E-state index in [1.165, 1.54) is 0 Å². The maximum atomic E-state index is 13.5. The lowest BCUT2D eigenvalue weighted by Crippen LogP contribution is -2.20. The van der Waals surface area contributed by atoms with Gasteiger partial charge in [-0.15, -0.1) is 0 Å². The lowest BCUT2D eigenvalue weighted by molar-refractivity contribution is -0.385. The zero-order valence-electron chi connectivity index (χ0n) is 9.68. The minimum absolute atomic E-state index is 0.0781. The zero-order valence-corrected chi connectivity index (χ0v) is 9.68. The number of azide groups is 1. The topological polar surface area (TPSA) is 132 Å². The van der Waals surface area contributed by atoms with Crippen molar-refractivity contribution in [3.05, 3.63) is 50.1 Å². The zero-order chi connectivity index (χ0) is 14.4. The number of halogens is 1. The summed E-state index contributed by atoms with van der Waals surface area (Å²) in [4.78, 5) is 12.3. The van der Waals surface area contributed by atoms with Crippen LogP contribution in [0.2, 0.25) is 0 Å². The fourth-order valence-electron chi connectivity index (χ4n) is 1.47. The molecule has 1 rings (SSSR count). The van der Waals surface area contributed by atoms with Gasteiger partial charge in [0.1, 0.15) is 11.9 Å². The van der Waals surface area contributed by atoms with Crippen molar-refractivity contribution in [2.24, 2.45) is 5.11 Å². The van der Waals surface area contributed by atoms with Crippen molar-refractivity contribution >= 4 is 5.69 Å². The summed E-state index contributed by atoms with van der Waals surface area (Å²) in [5, 5.41) is 33.0. The van der Waals surface area contributed by atoms with Crippen LogP contribution in [0.1, 0.15) is 18.1 Å². The van der Waals surface area contributed by atoms with Gasteiger partial charge in [-0.05, 0) is 18.0 Å². The van der Waals surface area contributed by atoms with Crippen LogP contribution in [0.15, 0.2) is 23.3 Å². The van der Waals surface area contributed by atoms with Gasteiger partial charge in [-0.1, -0.05) is 5.11 Å². The van der Waals surface area contributed by atoms with E-state index in [4.69, 9.17) is 5.53 Å². The molecule has 0 bridgehead atoms. The molecule has 0 aliphatic rings. The maximum absolute atomic E-state index is 13.5. The summed E-state index contributed by atoms with van der Waals surface area (Å²) < 4.78 is 13.5. The van der Waals surface area contributed by atoms with E-state index in [9.17, 15) is 24.7 Å². The minimum Gasteiger partial charge on any atom is -0.390 e. The largest absolute Gasteiger partial charge is 0.390 e. The number of aliphatic hydroxyl groups is 2. The molecule has 8 nitrogen and oxygen atoms in total. The molecule has 2 unspecified atom stereocenters. The molecular weight excluding hydrogens is 259 g/mol. The Bertz CT molecular complexity index is 518. The number of nitrogens with zero attached hydrogens (tertiary/aromatic N) is 4. The van der Waals surface area contributed by atoms with Crippen molar-refractivity contribution < 1.29 is 19.5 Å². The Kier molecular flexibility index (Phi) is 5.19. The predicted molar refractivity (Wildman–Crippen MR) is 62.7 cm³/mol. The maximum Gasteiger partial charge on any atom is 0.270 e. The van der Waals surface area contributed by atoms with Crippen molar-refractivity contribution in [2.75, 3.05) is 6.54 Å². The molecule has 0 aliphatic heterocycles. The molecular formula is C10H11FN4O4. The van der Waals surface area contributed by atoms with E-state index < -0.39 is 28.6 Å². The number of hydrogen-bond donors (Lipinski definition) is 2. The highest BCUT2D eigenvalue weighted by Gasteiger charge is 2.23. The van der Waals surface area contributed by atoms with Gasteiger partial charge < -0.3 is 10.2 Å². The smallest absolute Gasteiger partial charge is 0.270 e. The van der Waals surface area contributed by atoms with Crippen molar-refractivity contribution in [2.45, 2.75) is 18.6 Å². The molecule has 0 radical (unpaired) electrons. The molecule has 0 spiro atoms. The first-order valence-electron chi connectivity index (χ1n) is 5.28. The fourth-order valence-corrected chi connectivity index (χ4v) is 1.47. The Balaban J connectivity index is 2.91. The van der Waals surface area contributed by atoms with Crippen molar-refractivity contribution in [1.82, 2.24) is 0 Å². The van der Waals surface area contributed by atoms with Crippen LogP contribution in [0.3, 0.4) is 0 Å². The van der Waals surface area contributed by atoms with Crippen LogP contribution in [0.4, 0.5) is 10.1 Å². The third-order valence-electron chi connectivity index (χ3n) is 2.46. The molecule has 1 aromatic carbocycles. The minimum atomic E-state index is -1.63. The summed E-state index contributed by atoms with van der Waals surface area (Å²) in [7, 11) is 0. The highest BCUT2D eigenvalue weighted by Crippen LogP contribution is 2.25. The molecule has 19 heavy (non-hydrogen) atoms. The average Bonchev–Trinajstić information content (AvgIpc) is 2.38. The van der Waals surface area contributed by atoms with Crippen LogP contribution < -0.4 is 0 Å². The summed E-state index contributed by atoms with van der Waals surface area (Å²) >= 11 is 0. The van der Waals surface area contributed by atoms with Gasteiger partial charge in [0.15, 0.2) is 0 Å². The standard InChI is InChI=1S/C10H11FN4O4/c11-8-2-1-6(15(18)19)5-7(8)10(17)9(16)3-4-13-14-12/h1-2,5,9-10,16-17H,3-4H2. The summed E-state index contributed by atoms with van der Waals surface area (Å²) in [6.07, 6.45) is -3.11. The first-order valence-corrected chi connectivity index (χ1v) is 5.28. The lowest BCUT2D eigenvalue weighted by atomic mass is 10.0. The molecule has 0 saturated heterocycles. The first kappa shape index (κ1) is 14.8. The Hall–Kier alpha value is -2.22. The summed E-state index contributed by atoms with van der Waals surface area (Å²) in [6, 6.07) is 2.66. The number of non-ortho nitro benzene ring substituents is 1. The van der Waals surface area contributed by atoms with Crippen molar-refractivity contribution in [1.29, 1.82) is 0 Å². The number of nitro groups is 1. The van der Waals surface area contributed by atoms with E-state index in [1.54, 1.807) is 0 Å². The van der Waals surface area contributed by atoms with Gasteiger partial charge in [0.2, 0.25) is 0 Å². The first-order chi connectivity index (χ1) is 8.97. The van der Waals surface area contributed by atoms with Crippen LogP contribution in [0, 0.1) is 15.9 Å². The normalized spacial score (nSPS) is 13.4. The lowest BCUT2D eigenvalue weighted by Gasteiger charge is -2.17. The van der Waals surface area contributed by atoms with Gasteiger partial charge in [-0.2, -0.15) is 0 Å². The summed E-state index contributed by atoms with van der Waals surface area (Å²) in [5.41, 5.74) is 7.29. The van der Waals surface area contributed by atoms with Crippen molar-refractivity contribution in [3.63, 3.8) is 0 Å². The molecule has 2 atom stereocenters. The Labute approximate surface area is 106 Å². The number of aliphatic hydroxyl groups excluding tert-OH is 2. The van der Waals surface area contributed by atoms with E-state index in [2.05, 4.69) is 10.0 Å². The second-order valence-electron chi connectivity index (χ2n) is 3.72. The van der Waals surface area contributed by atoms with E-state index in [0.717, 1.165) is 18.2 Å². The third-order valence-corrected chi connectivity index (χ3v) is 2.46. The number of nitro benzene ring substituents is 1. The quantitative estimate of drug-likeness (QED) is 0.268. The SMILES string of the molecule is [N-]=[N+]=NCCC(O)C(O)c1cc([N+](=O)[O-])ccc1F. The van der Waals surface area contributed by atoms with Crippen LogP contribution >= 0.6 is 0 Å². The summed E-state index contributed by atoms with van der Waals surface area (Å²) in [6.45, 7) is -0.0781. The predicted octanol–water partition coefficient (Wildman–Crippen LogP) is 1.83. The molecule has 0 aliphatic carbocycles. The van der Waals surface area contributed by atoms with Crippen molar-refractivity contribution in [3.8, 4) is 0 Å². The summed E-state index contributed by atoms with van der Waals surface area (Å²) in [5.74, 6) is -0.860. The highest BCUT2D eigenvalue weighted by molar-refractivity contribution is 5.36. The van der Waals surface area contributed by atoms with Gasteiger partial charge in [0, 0.05) is 29.2 Å². The molecule has 0 fully saturated rings. The monoisotopic (exact) mass is 270 g/mol. The second-order valence-corrected chi connectivity index (χ2v) is 3.72. The van der Waals surface area contributed by atoms with E-state index >= 15 is 0 Å². The molecule has 0 saturated carbocycles. The molecule has 9 heteroatoms. The van der Waals surface area contributed by atoms with Crippen LogP contribution in [0.25, 0.3) is 10.4 Å². The molecule has 102 valence electrons. The molecule has 2 N–H and O–H groups in total. The van der Waals surface area contributed by atoms with Crippen LogP contribution in [-0.2, 0) is 0 Å². The van der Waals surface area contributed by atoms with E-state index in [1.807, 2.05) is 0 Å². The van der Waals surface area contributed by atoms with E-state index in [0.29, 0.717) is 0 Å². The van der Waals surface area contributed by atoms with E-state index in [-0.39, 0.29) is 18.5 Å². The highest BCUT2D eigenvalue weighted by atomic mass is 19.1. The second kappa shape index (κ2) is 6.64. The van der Waals surface area contributed by atoms with Crippen LogP contribution in [0.5, 0.6) is 0 Å². The molecule has 0 heterocycles. The van der Waals surface area contributed by atoms with Gasteiger partial charge in [0.05, 0.1) is 11.0 Å². The number of benzene rings is 1. The molecule has 0 aromatic heterocycles. The van der Waals surface area contributed by atoms with Gasteiger partial charge in [-0.25, -0.2) is 4.39 Å². The Morgan fingerprint density at radius 3 is 2.79 bits per heavy atom. The van der Waals surface area contributed by atoms with Gasteiger partial charge in [-0.3, -0.25) is 10.1 Å². The van der Waals surface area contributed by atoms with Gasteiger partial charge >= 0.3 is 0 Å². The molecule has 0 amide bonds.